The monoisotopic (exact) mass is 252 g/mol. The van der Waals surface area contributed by atoms with E-state index >= 15 is 0 Å². The predicted molar refractivity (Wildman–Crippen MR) is 66.3 cm³/mol. The molecule has 0 spiro atoms. The highest BCUT2D eigenvalue weighted by molar-refractivity contribution is 8.04. The third-order valence-electron chi connectivity index (χ3n) is 4.77. The molecule has 2 aliphatic rings. The van der Waals surface area contributed by atoms with E-state index in [1.165, 1.54) is 25.7 Å². The van der Waals surface area contributed by atoms with E-state index in [4.69, 9.17) is 22.5 Å². The Bertz CT molecular complexity index is 235. The van der Waals surface area contributed by atoms with Gasteiger partial charge in [-0.05, 0) is 42.4 Å². The maximum Gasteiger partial charge on any atom is 0.0891 e. The molecule has 2 aliphatic carbocycles. The zero-order valence-electron chi connectivity index (χ0n) is 9.19. The van der Waals surface area contributed by atoms with Crippen LogP contribution < -0.4 is 0 Å². The van der Waals surface area contributed by atoms with E-state index in [2.05, 4.69) is 20.8 Å². The van der Waals surface area contributed by atoms with E-state index in [0.29, 0.717) is 16.5 Å². The summed E-state index contributed by atoms with van der Waals surface area (Å²) in [5.74, 6) is 0.858. The van der Waals surface area contributed by atoms with Gasteiger partial charge in [-0.1, -0.05) is 43.3 Å². The minimum Gasteiger partial charge on any atom is -0.0778 e. The number of halogens is 2. The third kappa shape index (κ3) is 1.53. The molecule has 2 rings (SSSR count). The summed E-state index contributed by atoms with van der Waals surface area (Å²) < 4.78 is 0. The van der Waals surface area contributed by atoms with Crippen molar-refractivity contribution in [3.63, 3.8) is 0 Å². The van der Waals surface area contributed by atoms with Crippen LogP contribution in [0.25, 0.3) is 0 Å². The van der Waals surface area contributed by atoms with Crippen molar-refractivity contribution in [2.45, 2.75) is 52.1 Å². The number of hydrogen-bond acceptors (Lipinski definition) is 0. The smallest absolute Gasteiger partial charge is 0.0778 e. The molecule has 0 aromatic heterocycles. The van der Waals surface area contributed by atoms with Gasteiger partial charge in [-0.15, -0.1) is 0 Å². The summed E-state index contributed by atoms with van der Waals surface area (Å²) in [6.45, 7) is 6.46. The van der Waals surface area contributed by atoms with Crippen molar-refractivity contribution in [2.24, 2.45) is 16.7 Å². The molecule has 3 atom stereocenters. The van der Waals surface area contributed by atoms with Crippen LogP contribution in [-0.4, -0.2) is 5.66 Å². The summed E-state index contributed by atoms with van der Waals surface area (Å²) >= 11 is 12.3. The van der Waals surface area contributed by atoms with Crippen LogP contribution in [0.2, 0.25) is 0 Å². The van der Waals surface area contributed by atoms with Gasteiger partial charge in [0.1, 0.15) is 0 Å². The van der Waals surface area contributed by atoms with Crippen LogP contribution in [0, 0.1) is 16.7 Å². The molecule has 2 fully saturated rings. The second-order valence-electron chi connectivity index (χ2n) is 5.90. The molecule has 0 aromatic carbocycles. The van der Waals surface area contributed by atoms with Crippen LogP contribution in [0.4, 0.5) is 0 Å². The highest BCUT2D eigenvalue weighted by Crippen LogP contribution is 2.71. The summed E-state index contributed by atoms with van der Waals surface area (Å²) in [7, 11) is 0. The molecule has 0 radical (unpaired) electrons. The molecule has 0 saturated heterocycles. The van der Waals surface area contributed by atoms with Gasteiger partial charge in [-0.3, -0.25) is 0 Å². The molecule has 14 heavy (non-hydrogen) atoms. The molecule has 3 heteroatoms. The highest BCUT2D eigenvalue weighted by atomic mass is 35.9. The lowest BCUT2D eigenvalue weighted by Crippen LogP contribution is -2.55. The Morgan fingerprint density at radius 2 is 1.71 bits per heavy atom. The molecule has 0 aromatic rings. The summed E-state index contributed by atoms with van der Waals surface area (Å²) in [5.41, 5.74) is 1.56. The molecular formula is C11H19Cl2P. The van der Waals surface area contributed by atoms with Crippen molar-refractivity contribution in [3.8, 4) is 0 Å². The van der Waals surface area contributed by atoms with E-state index in [0.717, 1.165) is 5.92 Å². The number of rotatable bonds is 1. The van der Waals surface area contributed by atoms with Crippen LogP contribution in [0.15, 0.2) is 0 Å². The minimum absolute atomic E-state index is 0.455. The van der Waals surface area contributed by atoms with Crippen molar-refractivity contribution in [1.29, 1.82) is 0 Å². The zero-order valence-corrected chi connectivity index (χ0v) is 11.6. The normalized spacial score (nSPS) is 45.9. The van der Waals surface area contributed by atoms with E-state index in [1.807, 2.05) is 0 Å². The maximum absolute atomic E-state index is 6.16. The van der Waals surface area contributed by atoms with Crippen LogP contribution in [0.1, 0.15) is 46.5 Å². The molecule has 0 amide bonds. The summed E-state index contributed by atoms with van der Waals surface area (Å²) in [5, 5.41) is 0. The average molecular weight is 253 g/mol. The lowest BCUT2D eigenvalue weighted by molar-refractivity contribution is -0.0778. The SMILES string of the molecule is CC1(C)CCC(P(Cl)Cl)C2(C)CCC12. The molecular weight excluding hydrogens is 234 g/mol. The lowest BCUT2D eigenvalue weighted by atomic mass is 9.46. The van der Waals surface area contributed by atoms with Crippen molar-refractivity contribution in [1.82, 2.24) is 0 Å². The topological polar surface area (TPSA) is 0 Å². The van der Waals surface area contributed by atoms with Crippen LogP contribution in [-0.2, 0) is 0 Å². The maximum atomic E-state index is 6.16. The van der Waals surface area contributed by atoms with Crippen LogP contribution in [0.3, 0.4) is 0 Å². The number of hydrogen-bond donors (Lipinski definition) is 0. The second kappa shape index (κ2) is 3.51. The Balaban J connectivity index is 2.21. The van der Waals surface area contributed by atoms with Gasteiger partial charge in [-0.25, -0.2) is 0 Å². The minimum atomic E-state index is -0.779. The molecule has 0 heterocycles. The summed E-state index contributed by atoms with van der Waals surface area (Å²) in [4.78, 5) is 0. The Morgan fingerprint density at radius 1 is 1.07 bits per heavy atom. The van der Waals surface area contributed by atoms with E-state index < -0.39 is 6.63 Å². The fraction of sp³-hybridized carbons (Fsp3) is 1.00. The Labute approximate surface area is 98.1 Å². The Kier molecular flexibility index (Phi) is 2.88. The lowest BCUT2D eigenvalue weighted by Gasteiger charge is -2.62. The third-order valence-corrected chi connectivity index (χ3v) is 7.50. The highest BCUT2D eigenvalue weighted by Gasteiger charge is 2.58. The fourth-order valence-corrected chi connectivity index (χ4v) is 6.76. The van der Waals surface area contributed by atoms with Gasteiger partial charge in [0.25, 0.3) is 0 Å². The van der Waals surface area contributed by atoms with Crippen LogP contribution in [0.5, 0.6) is 0 Å². The largest absolute Gasteiger partial charge is 0.0891 e. The Morgan fingerprint density at radius 3 is 2.14 bits per heavy atom. The zero-order chi connectivity index (χ0) is 10.6. The van der Waals surface area contributed by atoms with Gasteiger partial charge in [0.15, 0.2) is 0 Å². The first-order valence-electron chi connectivity index (χ1n) is 5.49. The first-order valence-corrected chi connectivity index (χ1v) is 8.71. The number of fused-ring (bicyclic) bond motifs is 1. The van der Waals surface area contributed by atoms with Gasteiger partial charge in [0.2, 0.25) is 0 Å². The molecule has 0 N–H and O–H groups in total. The van der Waals surface area contributed by atoms with E-state index in [1.54, 1.807) is 0 Å². The molecule has 0 nitrogen and oxygen atoms in total. The van der Waals surface area contributed by atoms with Crippen LogP contribution >= 0.6 is 29.1 Å². The fourth-order valence-electron chi connectivity index (χ4n) is 3.76. The van der Waals surface area contributed by atoms with Gasteiger partial charge >= 0.3 is 0 Å². The van der Waals surface area contributed by atoms with E-state index in [9.17, 15) is 0 Å². The van der Waals surface area contributed by atoms with Crippen molar-refractivity contribution < 1.29 is 0 Å². The summed E-state index contributed by atoms with van der Waals surface area (Å²) in [6, 6.07) is 0. The van der Waals surface area contributed by atoms with Crippen molar-refractivity contribution in [2.75, 3.05) is 0 Å². The van der Waals surface area contributed by atoms with Gasteiger partial charge < -0.3 is 0 Å². The molecule has 0 aliphatic heterocycles. The molecule has 3 unspecified atom stereocenters. The summed E-state index contributed by atoms with van der Waals surface area (Å²) in [6.07, 6.45) is 5.26. The molecule has 0 bridgehead atoms. The first kappa shape index (κ1) is 11.5. The molecule has 82 valence electrons. The van der Waals surface area contributed by atoms with Gasteiger partial charge in [-0.2, -0.15) is 0 Å². The standard InChI is InChI=1S/C11H19Cl2P/c1-10(2)6-5-9(14(12)13)11(3)7-4-8(10)11/h8-9H,4-7H2,1-3H3. The quantitative estimate of drug-likeness (QED) is 0.550. The van der Waals surface area contributed by atoms with Crippen molar-refractivity contribution >= 4 is 29.1 Å². The van der Waals surface area contributed by atoms with Gasteiger partial charge in [0, 0.05) is 5.66 Å². The van der Waals surface area contributed by atoms with E-state index in [-0.39, 0.29) is 0 Å². The Hall–Kier alpha value is 1.01. The molecule has 2 saturated carbocycles. The first-order chi connectivity index (χ1) is 6.38. The van der Waals surface area contributed by atoms with Gasteiger partial charge in [0.05, 0.1) is 6.63 Å². The average Bonchev–Trinajstić information content (AvgIpc) is 1.98. The predicted octanol–water partition coefficient (Wildman–Crippen LogP) is 5.38. The van der Waals surface area contributed by atoms with Crippen molar-refractivity contribution in [3.05, 3.63) is 0 Å². The second-order valence-corrected chi connectivity index (χ2v) is 9.75.